The van der Waals surface area contributed by atoms with Crippen molar-refractivity contribution in [2.75, 3.05) is 0 Å². The number of nitrogens with zero attached hydrogens (tertiary/aromatic N) is 1. The highest BCUT2D eigenvalue weighted by molar-refractivity contribution is 5.27. The molecule has 96 valence electrons. The fourth-order valence-corrected chi connectivity index (χ4v) is 2.52. The SMILES string of the molecule is CC1(c2ccccc2)NC=CN1Cc1ccccc1. The Balaban J connectivity index is 1.87. The van der Waals surface area contributed by atoms with Gasteiger partial charge in [-0.3, -0.25) is 0 Å². The van der Waals surface area contributed by atoms with Crippen LogP contribution in [0.25, 0.3) is 0 Å². The predicted octanol–water partition coefficient (Wildman–Crippen LogP) is 3.44. The van der Waals surface area contributed by atoms with Crippen LogP contribution in [0.4, 0.5) is 0 Å². The van der Waals surface area contributed by atoms with Crippen LogP contribution in [-0.2, 0) is 12.2 Å². The third-order valence-corrected chi connectivity index (χ3v) is 3.72. The van der Waals surface area contributed by atoms with Gasteiger partial charge in [-0.1, -0.05) is 60.7 Å². The van der Waals surface area contributed by atoms with Crippen molar-refractivity contribution in [3.8, 4) is 0 Å². The zero-order chi connectivity index (χ0) is 13.1. The number of hydrogen-bond donors (Lipinski definition) is 1. The minimum Gasteiger partial charge on any atom is -0.364 e. The fourth-order valence-electron chi connectivity index (χ4n) is 2.52. The predicted molar refractivity (Wildman–Crippen MR) is 78.1 cm³/mol. The smallest absolute Gasteiger partial charge is 0.133 e. The molecule has 0 spiro atoms. The summed E-state index contributed by atoms with van der Waals surface area (Å²) in [6.45, 7) is 3.11. The molecule has 2 heteroatoms. The van der Waals surface area contributed by atoms with Gasteiger partial charge in [0, 0.05) is 18.9 Å². The summed E-state index contributed by atoms with van der Waals surface area (Å²) >= 11 is 0. The van der Waals surface area contributed by atoms with Crippen LogP contribution in [0.1, 0.15) is 18.1 Å². The third kappa shape index (κ3) is 2.22. The maximum absolute atomic E-state index is 3.46. The lowest BCUT2D eigenvalue weighted by Crippen LogP contribution is -2.45. The summed E-state index contributed by atoms with van der Waals surface area (Å²) in [5, 5.41) is 3.46. The standard InChI is InChI=1S/C17H18N2/c1-17(16-10-6-3-7-11-16)18-12-13-19(17)14-15-8-4-2-5-9-15/h2-13,18H,14H2,1H3. The lowest BCUT2D eigenvalue weighted by molar-refractivity contribution is 0.156. The summed E-state index contributed by atoms with van der Waals surface area (Å²) < 4.78 is 0. The number of nitrogens with one attached hydrogen (secondary N) is 1. The molecule has 1 N–H and O–H groups in total. The molecular weight excluding hydrogens is 232 g/mol. The molecule has 0 saturated carbocycles. The average Bonchev–Trinajstić information content (AvgIpc) is 2.84. The van der Waals surface area contributed by atoms with E-state index in [1.807, 2.05) is 6.20 Å². The second-order valence-corrected chi connectivity index (χ2v) is 5.01. The van der Waals surface area contributed by atoms with Crippen molar-refractivity contribution in [2.45, 2.75) is 19.1 Å². The Bertz CT molecular complexity index is 562. The van der Waals surface area contributed by atoms with Crippen LogP contribution in [0, 0.1) is 0 Å². The lowest BCUT2D eigenvalue weighted by Gasteiger charge is -2.37. The molecular formula is C17H18N2. The van der Waals surface area contributed by atoms with E-state index in [1.54, 1.807) is 0 Å². The zero-order valence-corrected chi connectivity index (χ0v) is 11.1. The maximum atomic E-state index is 3.46. The normalized spacial score (nSPS) is 21.4. The molecule has 0 radical (unpaired) electrons. The van der Waals surface area contributed by atoms with Gasteiger partial charge in [0.2, 0.25) is 0 Å². The van der Waals surface area contributed by atoms with E-state index in [0.29, 0.717) is 0 Å². The van der Waals surface area contributed by atoms with Gasteiger partial charge in [-0.25, -0.2) is 0 Å². The van der Waals surface area contributed by atoms with Crippen LogP contribution >= 0.6 is 0 Å². The Morgan fingerprint density at radius 1 is 0.947 bits per heavy atom. The second kappa shape index (κ2) is 4.81. The quantitative estimate of drug-likeness (QED) is 0.897. The largest absolute Gasteiger partial charge is 0.364 e. The first-order valence-electron chi connectivity index (χ1n) is 6.59. The van der Waals surface area contributed by atoms with E-state index >= 15 is 0 Å². The Morgan fingerprint density at radius 2 is 1.58 bits per heavy atom. The van der Waals surface area contributed by atoms with Gasteiger partial charge in [0.15, 0.2) is 0 Å². The third-order valence-electron chi connectivity index (χ3n) is 3.72. The molecule has 1 aliphatic heterocycles. The van der Waals surface area contributed by atoms with E-state index < -0.39 is 0 Å². The zero-order valence-electron chi connectivity index (χ0n) is 11.1. The summed E-state index contributed by atoms with van der Waals surface area (Å²) in [5.41, 5.74) is 2.42. The number of benzene rings is 2. The molecule has 0 saturated heterocycles. The van der Waals surface area contributed by atoms with Crippen LogP contribution in [0.15, 0.2) is 73.1 Å². The molecule has 3 rings (SSSR count). The van der Waals surface area contributed by atoms with Crippen molar-refractivity contribution < 1.29 is 0 Å². The molecule has 1 atom stereocenters. The molecule has 2 aromatic rings. The summed E-state index contributed by atoms with van der Waals surface area (Å²) in [6.07, 6.45) is 4.15. The van der Waals surface area contributed by atoms with Crippen molar-refractivity contribution in [1.82, 2.24) is 10.2 Å². The van der Waals surface area contributed by atoms with Gasteiger partial charge in [-0.15, -0.1) is 0 Å². The Hall–Kier alpha value is -2.22. The minimum atomic E-state index is -0.170. The van der Waals surface area contributed by atoms with Gasteiger partial charge < -0.3 is 10.2 Å². The van der Waals surface area contributed by atoms with Crippen LogP contribution in [-0.4, -0.2) is 4.90 Å². The monoisotopic (exact) mass is 250 g/mol. The first kappa shape index (κ1) is 11.8. The van der Waals surface area contributed by atoms with E-state index in [9.17, 15) is 0 Å². The topological polar surface area (TPSA) is 15.3 Å². The van der Waals surface area contributed by atoms with Crippen molar-refractivity contribution >= 4 is 0 Å². The highest BCUT2D eigenvalue weighted by Crippen LogP contribution is 2.30. The van der Waals surface area contributed by atoms with Gasteiger partial charge in [0.1, 0.15) is 5.66 Å². The molecule has 2 aromatic carbocycles. The molecule has 0 amide bonds. The summed E-state index contributed by atoms with van der Waals surface area (Å²) in [6, 6.07) is 21.1. The van der Waals surface area contributed by atoms with Crippen LogP contribution in [0.3, 0.4) is 0 Å². The number of hydrogen-bond acceptors (Lipinski definition) is 2. The van der Waals surface area contributed by atoms with E-state index in [2.05, 4.69) is 84.0 Å². The van der Waals surface area contributed by atoms with Crippen LogP contribution in [0.2, 0.25) is 0 Å². The van der Waals surface area contributed by atoms with Crippen molar-refractivity contribution in [1.29, 1.82) is 0 Å². The Kier molecular flexibility index (Phi) is 3.00. The van der Waals surface area contributed by atoms with Gasteiger partial charge in [-0.05, 0) is 18.1 Å². The van der Waals surface area contributed by atoms with E-state index in [0.717, 1.165) is 6.54 Å². The molecule has 2 nitrogen and oxygen atoms in total. The highest BCUT2D eigenvalue weighted by atomic mass is 15.3. The highest BCUT2D eigenvalue weighted by Gasteiger charge is 2.33. The number of rotatable bonds is 3. The van der Waals surface area contributed by atoms with Crippen LogP contribution in [0.5, 0.6) is 0 Å². The minimum absolute atomic E-state index is 0.170. The molecule has 0 fully saturated rings. The molecule has 0 aliphatic carbocycles. The fraction of sp³-hybridized carbons (Fsp3) is 0.176. The van der Waals surface area contributed by atoms with Crippen LogP contribution < -0.4 is 5.32 Å². The van der Waals surface area contributed by atoms with E-state index in [1.165, 1.54) is 11.1 Å². The Morgan fingerprint density at radius 3 is 2.26 bits per heavy atom. The van der Waals surface area contributed by atoms with Crippen molar-refractivity contribution in [2.24, 2.45) is 0 Å². The van der Waals surface area contributed by atoms with Gasteiger partial charge in [-0.2, -0.15) is 0 Å². The molecule has 1 aliphatic rings. The summed E-state index contributed by atoms with van der Waals surface area (Å²) in [7, 11) is 0. The molecule has 19 heavy (non-hydrogen) atoms. The molecule has 0 aromatic heterocycles. The summed E-state index contributed by atoms with van der Waals surface area (Å²) in [4.78, 5) is 2.33. The first-order chi connectivity index (χ1) is 9.29. The molecule has 0 bridgehead atoms. The lowest BCUT2D eigenvalue weighted by atomic mass is 10.00. The Labute approximate surface area is 114 Å². The van der Waals surface area contributed by atoms with Gasteiger partial charge >= 0.3 is 0 Å². The summed E-state index contributed by atoms with van der Waals surface area (Å²) in [5.74, 6) is 0. The van der Waals surface area contributed by atoms with Gasteiger partial charge in [0.05, 0.1) is 0 Å². The van der Waals surface area contributed by atoms with Crippen molar-refractivity contribution in [3.63, 3.8) is 0 Å². The average molecular weight is 250 g/mol. The van der Waals surface area contributed by atoms with Crippen molar-refractivity contribution in [3.05, 3.63) is 84.2 Å². The maximum Gasteiger partial charge on any atom is 0.133 e. The second-order valence-electron chi connectivity index (χ2n) is 5.01. The molecule has 1 heterocycles. The van der Waals surface area contributed by atoms with Gasteiger partial charge in [0.25, 0.3) is 0 Å². The molecule has 1 unspecified atom stereocenters. The van der Waals surface area contributed by atoms with E-state index in [-0.39, 0.29) is 5.66 Å². The first-order valence-corrected chi connectivity index (χ1v) is 6.59. The van der Waals surface area contributed by atoms with E-state index in [4.69, 9.17) is 0 Å².